The summed E-state index contributed by atoms with van der Waals surface area (Å²) in [6, 6.07) is 12.2. The van der Waals surface area contributed by atoms with Gasteiger partial charge in [0, 0.05) is 25.5 Å². The Morgan fingerprint density at radius 3 is 2.64 bits per heavy atom. The van der Waals surface area contributed by atoms with Gasteiger partial charge in [0.15, 0.2) is 0 Å². The number of fused-ring (bicyclic) bond motifs is 3. The fourth-order valence-electron chi connectivity index (χ4n) is 1.66. The number of benzene rings is 1. The lowest BCUT2D eigenvalue weighted by Gasteiger charge is -1.86. The van der Waals surface area contributed by atoms with Gasteiger partial charge in [0.25, 0.3) is 0 Å². The maximum Gasteiger partial charge on any atom is 0.0957 e. The molecule has 0 fully saturated rings. The van der Waals surface area contributed by atoms with Crippen LogP contribution in [0.15, 0.2) is 42.6 Å². The van der Waals surface area contributed by atoms with Gasteiger partial charge in [0.1, 0.15) is 0 Å². The molecule has 0 aliphatic carbocycles. The molecule has 65 valence electrons. The average molecular weight is 179 g/mol. The second-order valence-corrected chi connectivity index (χ2v) is 3.07. The van der Waals surface area contributed by atoms with Gasteiger partial charge in [-0.3, -0.25) is 4.98 Å². The monoisotopic (exact) mass is 179 g/mol. The van der Waals surface area contributed by atoms with E-state index < -0.39 is 0 Å². The lowest BCUT2D eigenvalue weighted by molar-refractivity contribution is 1.42. The second kappa shape index (κ2) is 3.18. The molecular formula is C11H8BN2. The van der Waals surface area contributed by atoms with Crippen molar-refractivity contribution in [1.29, 1.82) is 0 Å². The molecule has 1 aromatic carbocycles. The highest BCUT2D eigenvalue weighted by Crippen LogP contribution is 2.22. The van der Waals surface area contributed by atoms with Gasteiger partial charge in [-0.1, -0.05) is 18.2 Å². The molecule has 0 bridgehead atoms. The van der Waals surface area contributed by atoms with Crippen LogP contribution in [0, 0.1) is 0 Å². The zero-order valence-electron chi connectivity index (χ0n) is 7.57. The Morgan fingerprint density at radius 2 is 1.71 bits per heavy atom. The van der Waals surface area contributed by atoms with E-state index in [0.717, 1.165) is 16.6 Å². The Balaban J connectivity index is 0.000000750. The van der Waals surface area contributed by atoms with Gasteiger partial charge in [-0.25, -0.2) is 0 Å². The van der Waals surface area contributed by atoms with Crippen molar-refractivity contribution in [3.05, 3.63) is 42.6 Å². The summed E-state index contributed by atoms with van der Waals surface area (Å²) in [6.45, 7) is 0. The molecule has 3 heteroatoms. The van der Waals surface area contributed by atoms with E-state index in [4.69, 9.17) is 0 Å². The number of hydrogen-bond acceptors (Lipinski definition) is 1. The molecule has 1 N–H and O–H groups in total. The minimum atomic E-state index is 0. The van der Waals surface area contributed by atoms with Crippen LogP contribution in [-0.4, -0.2) is 18.4 Å². The van der Waals surface area contributed by atoms with Crippen LogP contribution in [0.4, 0.5) is 0 Å². The highest BCUT2D eigenvalue weighted by atomic mass is 14.8. The molecule has 0 spiro atoms. The topological polar surface area (TPSA) is 28.7 Å². The van der Waals surface area contributed by atoms with Gasteiger partial charge in [0.05, 0.1) is 11.0 Å². The van der Waals surface area contributed by atoms with Crippen LogP contribution in [0.3, 0.4) is 0 Å². The van der Waals surface area contributed by atoms with Crippen molar-refractivity contribution < 1.29 is 0 Å². The van der Waals surface area contributed by atoms with Crippen LogP contribution in [0.25, 0.3) is 21.9 Å². The third-order valence-corrected chi connectivity index (χ3v) is 2.26. The predicted molar refractivity (Wildman–Crippen MR) is 59.4 cm³/mol. The zero-order chi connectivity index (χ0) is 8.67. The quantitative estimate of drug-likeness (QED) is 0.527. The molecule has 0 amide bonds. The first-order chi connectivity index (χ1) is 6.45. The minimum absolute atomic E-state index is 0. The number of hydrogen-bond donors (Lipinski definition) is 1. The van der Waals surface area contributed by atoms with Crippen molar-refractivity contribution in [2.24, 2.45) is 0 Å². The predicted octanol–water partition coefficient (Wildman–Crippen LogP) is 2.34. The van der Waals surface area contributed by atoms with Crippen molar-refractivity contribution in [2.75, 3.05) is 0 Å². The van der Waals surface area contributed by atoms with E-state index in [9.17, 15) is 0 Å². The highest BCUT2D eigenvalue weighted by Gasteiger charge is 2.01. The molecule has 3 rings (SSSR count). The van der Waals surface area contributed by atoms with E-state index in [1.54, 1.807) is 0 Å². The number of H-pyrrole nitrogens is 1. The number of pyridine rings is 1. The highest BCUT2D eigenvalue weighted by molar-refractivity contribution is 6.04. The van der Waals surface area contributed by atoms with Crippen LogP contribution in [0.2, 0.25) is 0 Å². The number of aromatic amines is 1. The molecule has 0 saturated carbocycles. The summed E-state index contributed by atoms with van der Waals surface area (Å²) in [7, 11) is 0. The van der Waals surface area contributed by atoms with E-state index in [1.165, 1.54) is 5.39 Å². The molecule has 14 heavy (non-hydrogen) atoms. The molecule has 2 heterocycles. The molecule has 2 aromatic heterocycles. The summed E-state index contributed by atoms with van der Waals surface area (Å²) in [6.07, 6.45) is 1.82. The van der Waals surface area contributed by atoms with Gasteiger partial charge in [-0.15, -0.1) is 0 Å². The van der Waals surface area contributed by atoms with Crippen molar-refractivity contribution in [2.45, 2.75) is 0 Å². The number of nitrogens with one attached hydrogen (secondary N) is 1. The third-order valence-electron chi connectivity index (χ3n) is 2.26. The molecule has 0 atom stereocenters. The third kappa shape index (κ3) is 1.09. The fraction of sp³-hybridized carbons (Fsp3) is 0. The first kappa shape index (κ1) is 8.82. The Hall–Kier alpha value is -1.77. The smallest absolute Gasteiger partial charge is 0.0957 e. The lowest BCUT2D eigenvalue weighted by atomic mass is 10.2. The summed E-state index contributed by atoms with van der Waals surface area (Å²) in [4.78, 5) is 7.65. The SMILES string of the molecule is [B].c1ccc2c(c1)[nH]c1cccnc12. The summed E-state index contributed by atoms with van der Waals surface area (Å²) < 4.78 is 0. The molecule has 3 radical (unpaired) electrons. The van der Waals surface area contributed by atoms with Gasteiger partial charge in [-0.2, -0.15) is 0 Å². The molecule has 0 unspecified atom stereocenters. The van der Waals surface area contributed by atoms with Gasteiger partial charge >= 0.3 is 0 Å². The van der Waals surface area contributed by atoms with Crippen LogP contribution in [-0.2, 0) is 0 Å². The Morgan fingerprint density at radius 1 is 0.929 bits per heavy atom. The molecule has 0 aliphatic rings. The van der Waals surface area contributed by atoms with E-state index in [1.807, 2.05) is 30.5 Å². The van der Waals surface area contributed by atoms with E-state index in [-0.39, 0.29) is 8.41 Å². The van der Waals surface area contributed by atoms with Gasteiger partial charge in [-0.05, 0) is 18.2 Å². The lowest BCUT2D eigenvalue weighted by Crippen LogP contribution is -1.70. The maximum atomic E-state index is 4.34. The Kier molecular flexibility index (Phi) is 2.00. The van der Waals surface area contributed by atoms with Crippen molar-refractivity contribution in [3.63, 3.8) is 0 Å². The second-order valence-electron chi connectivity index (χ2n) is 3.07. The number of aromatic nitrogens is 2. The minimum Gasteiger partial charge on any atom is -0.353 e. The Bertz CT molecular complexity index is 521. The molecular weight excluding hydrogens is 171 g/mol. The summed E-state index contributed by atoms with van der Waals surface area (Å²) in [5.74, 6) is 0. The van der Waals surface area contributed by atoms with Crippen LogP contribution >= 0.6 is 0 Å². The standard InChI is InChI=1S/C11H8N2.B/c1-2-5-9-8(4-1)11-10(13-9)6-3-7-12-11;/h1-7,13H;. The summed E-state index contributed by atoms with van der Waals surface area (Å²) in [5.41, 5.74) is 3.30. The molecule has 0 aliphatic heterocycles. The zero-order valence-corrected chi connectivity index (χ0v) is 7.57. The van der Waals surface area contributed by atoms with E-state index in [2.05, 4.69) is 22.1 Å². The van der Waals surface area contributed by atoms with E-state index >= 15 is 0 Å². The molecule has 3 aromatic rings. The van der Waals surface area contributed by atoms with E-state index in [0.29, 0.717) is 0 Å². The number of nitrogens with zero attached hydrogens (tertiary/aromatic N) is 1. The van der Waals surface area contributed by atoms with Crippen LogP contribution in [0.5, 0.6) is 0 Å². The fourth-order valence-corrected chi connectivity index (χ4v) is 1.66. The summed E-state index contributed by atoms with van der Waals surface area (Å²) >= 11 is 0. The first-order valence-corrected chi connectivity index (χ1v) is 4.26. The Labute approximate surface area is 83.5 Å². The van der Waals surface area contributed by atoms with Crippen LogP contribution < -0.4 is 0 Å². The van der Waals surface area contributed by atoms with Crippen molar-refractivity contribution >= 4 is 30.3 Å². The average Bonchev–Trinajstić information content (AvgIpc) is 2.56. The van der Waals surface area contributed by atoms with Crippen molar-refractivity contribution in [3.8, 4) is 0 Å². The summed E-state index contributed by atoms with van der Waals surface area (Å²) in [5, 5.41) is 1.19. The van der Waals surface area contributed by atoms with Crippen molar-refractivity contribution in [1.82, 2.24) is 9.97 Å². The van der Waals surface area contributed by atoms with Gasteiger partial charge < -0.3 is 4.98 Å². The molecule has 0 saturated heterocycles. The number of para-hydroxylation sites is 1. The normalized spacial score (nSPS) is 10.3. The molecule has 2 nitrogen and oxygen atoms in total. The van der Waals surface area contributed by atoms with Crippen LogP contribution in [0.1, 0.15) is 0 Å². The number of rotatable bonds is 0. The maximum absolute atomic E-state index is 4.34. The first-order valence-electron chi connectivity index (χ1n) is 4.26. The van der Waals surface area contributed by atoms with Gasteiger partial charge in [0.2, 0.25) is 0 Å². The largest absolute Gasteiger partial charge is 0.353 e.